The molecule has 0 fully saturated rings. The van der Waals surface area contributed by atoms with E-state index in [1.807, 2.05) is 0 Å². The van der Waals surface area contributed by atoms with Crippen LogP contribution in [0.3, 0.4) is 0 Å². The molecule has 0 aliphatic rings. The summed E-state index contributed by atoms with van der Waals surface area (Å²) in [5.74, 6) is -2.15. The summed E-state index contributed by atoms with van der Waals surface area (Å²) in [6.45, 7) is 3.20. The van der Waals surface area contributed by atoms with Gasteiger partial charge in [-0.15, -0.1) is 0 Å². The first-order valence-corrected chi connectivity index (χ1v) is 6.37. The number of aliphatic hydroxyl groups is 1. The molecule has 122 valence electrons. The molecule has 0 spiro atoms. The van der Waals surface area contributed by atoms with E-state index in [0.717, 1.165) is 6.92 Å². The Morgan fingerprint density at radius 3 is 2.29 bits per heavy atom. The van der Waals surface area contributed by atoms with E-state index in [2.05, 4.69) is 4.74 Å². The Labute approximate surface area is 123 Å². The van der Waals surface area contributed by atoms with Gasteiger partial charge in [-0.1, -0.05) is 0 Å². The van der Waals surface area contributed by atoms with Gasteiger partial charge in [0.25, 0.3) is 0 Å². The molecule has 0 heterocycles. The third-order valence-electron chi connectivity index (χ3n) is 2.57. The molecule has 1 N–H and O–H groups in total. The summed E-state index contributed by atoms with van der Waals surface area (Å²) in [4.78, 5) is 34.1. The summed E-state index contributed by atoms with van der Waals surface area (Å²) < 4.78 is 19.1. The molecule has 0 aliphatic carbocycles. The normalized spacial score (nSPS) is 14.7. The van der Waals surface area contributed by atoms with E-state index in [4.69, 9.17) is 14.2 Å². The van der Waals surface area contributed by atoms with Crippen LogP contribution >= 0.6 is 0 Å². The van der Waals surface area contributed by atoms with Crippen LogP contribution in [0.1, 0.15) is 20.8 Å². The predicted molar refractivity (Wildman–Crippen MR) is 70.2 cm³/mol. The topological polar surface area (TPSA) is 108 Å². The van der Waals surface area contributed by atoms with Crippen molar-refractivity contribution in [1.82, 2.24) is 0 Å². The summed E-state index contributed by atoms with van der Waals surface area (Å²) in [6.07, 6.45) is -1.09. The highest BCUT2D eigenvalue weighted by atomic mass is 16.6. The van der Waals surface area contributed by atoms with Crippen LogP contribution in [-0.4, -0.2) is 62.7 Å². The zero-order valence-corrected chi connectivity index (χ0v) is 12.7. The number of carbonyl (C=O) groups is 3. The highest BCUT2D eigenvalue weighted by Crippen LogP contribution is 2.19. The van der Waals surface area contributed by atoms with Crippen molar-refractivity contribution in [3.8, 4) is 0 Å². The largest absolute Gasteiger partial charge is 0.463 e. The van der Waals surface area contributed by atoms with Crippen molar-refractivity contribution in [3.63, 3.8) is 0 Å². The van der Waals surface area contributed by atoms with Gasteiger partial charge in [0, 0.05) is 14.0 Å². The van der Waals surface area contributed by atoms with Crippen LogP contribution in [0.2, 0.25) is 0 Å². The van der Waals surface area contributed by atoms with Crippen molar-refractivity contribution >= 4 is 17.9 Å². The van der Waals surface area contributed by atoms with Gasteiger partial charge in [0.1, 0.15) is 18.6 Å². The molecule has 0 aromatic rings. The molecular weight excluding hydrogens is 284 g/mol. The Bertz CT molecular complexity index is 367. The number of carbonyl (C=O) groups excluding carboxylic acids is 3. The lowest BCUT2D eigenvalue weighted by Crippen LogP contribution is -2.40. The lowest BCUT2D eigenvalue weighted by molar-refractivity contribution is -0.174. The average Bonchev–Trinajstić information content (AvgIpc) is 2.43. The first kappa shape index (κ1) is 19.3. The first-order chi connectivity index (χ1) is 9.76. The summed E-state index contributed by atoms with van der Waals surface area (Å²) >= 11 is 0. The van der Waals surface area contributed by atoms with Crippen LogP contribution in [0.5, 0.6) is 0 Å². The predicted octanol–water partition coefficient (Wildman–Crippen LogP) is -0.331. The summed E-state index contributed by atoms with van der Waals surface area (Å²) in [7, 11) is 1.46. The molecule has 8 heteroatoms. The maximum atomic E-state index is 11.8. The van der Waals surface area contributed by atoms with Crippen molar-refractivity contribution in [2.75, 3.05) is 33.5 Å². The molecule has 0 amide bonds. The quantitative estimate of drug-likeness (QED) is 0.350. The van der Waals surface area contributed by atoms with Gasteiger partial charge >= 0.3 is 17.9 Å². The lowest BCUT2D eigenvalue weighted by Gasteiger charge is -2.25. The number of ether oxygens (including phenoxy) is 4. The molecule has 0 bridgehead atoms. The number of hydrogen-bond donors (Lipinski definition) is 1. The number of methoxy groups -OCH3 is 1. The minimum Gasteiger partial charge on any atom is -0.463 e. The standard InChI is InChI=1S/C13H22O8/c1-9(21-10(2)15)11(16)20-8-13(3,7-14)12(17)19-6-5-18-4/h9,14H,5-8H2,1-4H3. The molecule has 0 radical (unpaired) electrons. The van der Waals surface area contributed by atoms with E-state index < -0.39 is 36.0 Å². The maximum Gasteiger partial charge on any atom is 0.347 e. The molecular formula is C13H22O8. The molecule has 0 saturated carbocycles. The first-order valence-electron chi connectivity index (χ1n) is 6.37. The molecule has 0 rings (SSSR count). The van der Waals surface area contributed by atoms with E-state index in [0.29, 0.717) is 0 Å². The van der Waals surface area contributed by atoms with Crippen LogP contribution in [0, 0.1) is 5.41 Å². The van der Waals surface area contributed by atoms with Gasteiger partial charge in [-0.2, -0.15) is 0 Å². The van der Waals surface area contributed by atoms with Gasteiger partial charge in [0.05, 0.1) is 13.2 Å². The highest BCUT2D eigenvalue weighted by molar-refractivity contribution is 5.80. The lowest BCUT2D eigenvalue weighted by atomic mass is 9.93. The average molecular weight is 306 g/mol. The molecule has 0 saturated heterocycles. The molecule has 8 nitrogen and oxygen atoms in total. The van der Waals surface area contributed by atoms with Crippen LogP contribution in [0.4, 0.5) is 0 Å². The van der Waals surface area contributed by atoms with E-state index in [-0.39, 0.29) is 19.8 Å². The molecule has 21 heavy (non-hydrogen) atoms. The number of esters is 3. The highest BCUT2D eigenvalue weighted by Gasteiger charge is 2.37. The summed E-state index contributed by atoms with van der Waals surface area (Å²) in [6, 6.07) is 0. The fourth-order valence-corrected chi connectivity index (χ4v) is 1.21. The Morgan fingerprint density at radius 1 is 1.19 bits per heavy atom. The van der Waals surface area contributed by atoms with Gasteiger partial charge in [0.15, 0.2) is 6.10 Å². The fourth-order valence-electron chi connectivity index (χ4n) is 1.21. The van der Waals surface area contributed by atoms with Gasteiger partial charge in [-0.3, -0.25) is 9.59 Å². The van der Waals surface area contributed by atoms with Crippen molar-refractivity contribution < 1.29 is 38.4 Å². The minimum atomic E-state index is -1.39. The van der Waals surface area contributed by atoms with E-state index in [9.17, 15) is 19.5 Å². The second-order valence-corrected chi connectivity index (χ2v) is 4.71. The smallest absolute Gasteiger partial charge is 0.347 e. The molecule has 0 aliphatic heterocycles. The van der Waals surface area contributed by atoms with Crippen LogP contribution in [0.25, 0.3) is 0 Å². The zero-order chi connectivity index (χ0) is 16.5. The Balaban J connectivity index is 4.43. The molecule has 0 aromatic carbocycles. The van der Waals surface area contributed by atoms with Crippen LogP contribution in [-0.2, 0) is 33.3 Å². The third kappa shape index (κ3) is 7.05. The molecule has 0 aromatic heterocycles. The fraction of sp³-hybridized carbons (Fsp3) is 0.769. The summed E-state index contributed by atoms with van der Waals surface area (Å²) in [5, 5.41) is 9.30. The van der Waals surface area contributed by atoms with E-state index in [1.54, 1.807) is 0 Å². The van der Waals surface area contributed by atoms with Crippen LogP contribution < -0.4 is 0 Å². The third-order valence-corrected chi connectivity index (χ3v) is 2.57. The Hall–Kier alpha value is -1.67. The Morgan fingerprint density at radius 2 is 1.81 bits per heavy atom. The summed E-state index contributed by atoms with van der Waals surface area (Å²) in [5.41, 5.74) is -1.39. The molecule has 2 unspecified atom stereocenters. The van der Waals surface area contributed by atoms with Gasteiger partial charge in [-0.05, 0) is 13.8 Å². The van der Waals surface area contributed by atoms with Gasteiger partial charge < -0.3 is 24.1 Å². The minimum absolute atomic E-state index is 0.0305. The van der Waals surface area contributed by atoms with Crippen molar-refractivity contribution in [2.45, 2.75) is 26.9 Å². The Kier molecular flexibility index (Phi) is 8.56. The number of aliphatic hydroxyl groups excluding tert-OH is 1. The van der Waals surface area contributed by atoms with E-state index >= 15 is 0 Å². The van der Waals surface area contributed by atoms with Crippen LogP contribution in [0.15, 0.2) is 0 Å². The number of hydrogen-bond acceptors (Lipinski definition) is 8. The van der Waals surface area contributed by atoms with E-state index in [1.165, 1.54) is 21.0 Å². The van der Waals surface area contributed by atoms with Gasteiger partial charge in [0.2, 0.25) is 0 Å². The second-order valence-electron chi connectivity index (χ2n) is 4.71. The zero-order valence-electron chi connectivity index (χ0n) is 12.7. The van der Waals surface area contributed by atoms with Crippen molar-refractivity contribution in [3.05, 3.63) is 0 Å². The maximum absolute atomic E-state index is 11.8. The SMILES string of the molecule is COCCOC(=O)C(C)(CO)COC(=O)C(C)OC(C)=O. The van der Waals surface area contributed by atoms with Gasteiger partial charge in [-0.25, -0.2) is 4.79 Å². The van der Waals surface area contributed by atoms with Crippen molar-refractivity contribution in [1.29, 1.82) is 0 Å². The monoisotopic (exact) mass is 306 g/mol. The number of rotatable bonds is 9. The molecule has 2 atom stereocenters. The van der Waals surface area contributed by atoms with Crippen molar-refractivity contribution in [2.24, 2.45) is 5.41 Å². The second kappa shape index (κ2) is 9.30.